The van der Waals surface area contributed by atoms with E-state index in [-0.39, 0.29) is 10.9 Å². The highest BCUT2D eigenvalue weighted by molar-refractivity contribution is 7.98. The predicted octanol–water partition coefficient (Wildman–Crippen LogP) is 0.723. The second kappa shape index (κ2) is 5.79. The fourth-order valence-electron chi connectivity index (χ4n) is 0.965. The van der Waals surface area contributed by atoms with Gasteiger partial charge in [-0.2, -0.15) is 15.2 Å². The molecular weight excluding hydrogens is 274 g/mol. The van der Waals surface area contributed by atoms with Crippen molar-refractivity contribution in [1.82, 2.24) is 15.0 Å². The van der Waals surface area contributed by atoms with Gasteiger partial charge in [0, 0.05) is 12.5 Å². The number of hydrogen-bond acceptors (Lipinski definition) is 8. The van der Waals surface area contributed by atoms with Crippen LogP contribution in [0.15, 0.2) is 16.3 Å². The number of allylic oxidation sites excluding steroid dienone is 1. The smallest absolute Gasteiger partial charge is 0.231 e. The van der Waals surface area contributed by atoms with Gasteiger partial charge in [-0.05, 0) is 13.2 Å². The second-order valence-corrected chi connectivity index (χ2v) is 5.99. The molecule has 18 heavy (non-hydrogen) atoms. The summed E-state index contributed by atoms with van der Waals surface area (Å²) in [5.74, 6) is 0.700. The van der Waals surface area contributed by atoms with E-state index in [1.807, 2.05) is 6.26 Å². The average molecular weight is 285 g/mol. The van der Waals surface area contributed by atoms with Crippen LogP contribution in [0.3, 0.4) is 0 Å². The van der Waals surface area contributed by atoms with Gasteiger partial charge in [0.2, 0.25) is 5.95 Å². The maximum Gasteiger partial charge on any atom is 0.231 e. The van der Waals surface area contributed by atoms with E-state index in [2.05, 4.69) is 20.3 Å². The Balaban J connectivity index is 3.03. The van der Waals surface area contributed by atoms with Gasteiger partial charge in [0.15, 0.2) is 19.9 Å². The van der Waals surface area contributed by atoms with Crippen LogP contribution in [0, 0.1) is 18.3 Å². The van der Waals surface area contributed by atoms with Crippen molar-refractivity contribution in [2.45, 2.75) is 12.1 Å². The maximum atomic E-state index is 11.2. The van der Waals surface area contributed by atoms with Crippen molar-refractivity contribution in [3.63, 3.8) is 0 Å². The molecule has 0 bridgehead atoms. The van der Waals surface area contributed by atoms with Gasteiger partial charge in [0.1, 0.15) is 11.9 Å². The lowest BCUT2D eigenvalue weighted by molar-refractivity contribution is 0.608. The zero-order valence-electron chi connectivity index (χ0n) is 10.00. The SMILES string of the molecule is CSc1nc(C)nc(N/C=C(/C#N)S(C)(=O)=O)n1. The standard InChI is InChI=1S/C9H11N5O2S2/c1-6-12-8(14-9(13-6)17-2)11-5-7(4-10)18(3,15)16/h5H,1-3H3,(H,11,12,13,14)/b7-5-. The van der Waals surface area contributed by atoms with Gasteiger partial charge in [-0.1, -0.05) is 11.8 Å². The Bertz CT molecular complexity index is 618. The van der Waals surface area contributed by atoms with Crippen LogP contribution in [0.25, 0.3) is 0 Å². The molecule has 9 heteroatoms. The fraction of sp³-hybridized carbons (Fsp3) is 0.333. The van der Waals surface area contributed by atoms with Crippen LogP contribution in [-0.4, -0.2) is 35.9 Å². The van der Waals surface area contributed by atoms with Crippen molar-refractivity contribution in [3.05, 3.63) is 16.9 Å². The van der Waals surface area contributed by atoms with Crippen LogP contribution in [0.2, 0.25) is 0 Å². The molecular formula is C9H11N5O2S2. The Hall–Kier alpha value is -1.66. The van der Waals surface area contributed by atoms with Crippen molar-refractivity contribution in [1.29, 1.82) is 5.26 Å². The summed E-state index contributed by atoms with van der Waals surface area (Å²) in [5.41, 5.74) is 0. The molecule has 0 unspecified atom stereocenters. The topological polar surface area (TPSA) is 109 Å². The zero-order chi connectivity index (χ0) is 13.8. The first-order valence-corrected chi connectivity index (χ1v) is 7.82. The fourth-order valence-corrected chi connectivity index (χ4v) is 1.81. The van der Waals surface area contributed by atoms with Gasteiger partial charge in [0.25, 0.3) is 0 Å². The zero-order valence-corrected chi connectivity index (χ0v) is 11.6. The molecule has 96 valence electrons. The highest BCUT2D eigenvalue weighted by atomic mass is 32.2. The molecule has 1 aromatic rings. The van der Waals surface area contributed by atoms with Crippen LogP contribution >= 0.6 is 11.8 Å². The van der Waals surface area contributed by atoms with Crippen molar-refractivity contribution in [2.75, 3.05) is 17.8 Å². The quantitative estimate of drug-likeness (QED) is 0.636. The second-order valence-electron chi connectivity index (χ2n) is 3.23. The Morgan fingerprint density at radius 3 is 2.61 bits per heavy atom. The normalized spacial score (nSPS) is 12.0. The third kappa shape index (κ3) is 3.97. The van der Waals surface area contributed by atoms with Gasteiger partial charge in [-0.15, -0.1) is 0 Å². The molecule has 0 aliphatic rings. The van der Waals surface area contributed by atoms with E-state index in [0.29, 0.717) is 11.0 Å². The largest absolute Gasteiger partial charge is 0.329 e. The lowest BCUT2D eigenvalue weighted by Gasteiger charge is -2.02. The molecule has 0 aliphatic carbocycles. The summed E-state index contributed by atoms with van der Waals surface area (Å²) in [6.45, 7) is 1.69. The number of aryl methyl sites for hydroxylation is 1. The molecule has 1 rings (SSSR count). The summed E-state index contributed by atoms with van der Waals surface area (Å²) < 4.78 is 22.4. The number of hydrogen-bond donors (Lipinski definition) is 1. The number of nitriles is 1. The minimum Gasteiger partial charge on any atom is -0.329 e. The molecule has 1 heterocycles. The maximum absolute atomic E-state index is 11.2. The molecule has 0 atom stereocenters. The van der Waals surface area contributed by atoms with E-state index < -0.39 is 9.84 Å². The molecule has 1 N–H and O–H groups in total. The van der Waals surface area contributed by atoms with Gasteiger partial charge in [-0.3, -0.25) is 0 Å². The minimum absolute atomic E-state index is 0.197. The van der Waals surface area contributed by atoms with Crippen molar-refractivity contribution < 1.29 is 8.42 Å². The number of nitrogens with one attached hydrogen (secondary N) is 1. The third-order valence-corrected chi connectivity index (χ3v) is 3.31. The Labute approximate surface area is 109 Å². The van der Waals surface area contributed by atoms with Crippen LogP contribution in [0.1, 0.15) is 5.82 Å². The first-order chi connectivity index (χ1) is 8.36. The molecule has 0 fully saturated rings. The van der Waals surface area contributed by atoms with Crippen LogP contribution in [0.4, 0.5) is 5.95 Å². The first-order valence-electron chi connectivity index (χ1n) is 4.70. The highest BCUT2D eigenvalue weighted by Crippen LogP contribution is 2.11. The minimum atomic E-state index is -3.55. The van der Waals surface area contributed by atoms with Gasteiger partial charge in [0.05, 0.1) is 0 Å². The van der Waals surface area contributed by atoms with Crippen LogP contribution < -0.4 is 5.32 Å². The summed E-state index contributed by atoms with van der Waals surface area (Å²) in [5, 5.41) is 11.8. The molecule has 0 aromatic carbocycles. The molecule has 0 radical (unpaired) electrons. The lowest BCUT2D eigenvalue weighted by atomic mass is 10.6. The summed E-state index contributed by atoms with van der Waals surface area (Å²) in [6.07, 6.45) is 3.83. The van der Waals surface area contributed by atoms with E-state index in [1.165, 1.54) is 11.8 Å². The van der Waals surface area contributed by atoms with E-state index in [4.69, 9.17) is 5.26 Å². The summed E-state index contributed by atoms with van der Waals surface area (Å²) in [7, 11) is -3.55. The summed E-state index contributed by atoms with van der Waals surface area (Å²) in [6, 6.07) is 1.59. The number of rotatable bonds is 4. The molecule has 7 nitrogen and oxygen atoms in total. The van der Waals surface area contributed by atoms with E-state index in [9.17, 15) is 8.42 Å². The van der Waals surface area contributed by atoms with E-state index >= 15 is 0 Å². The number of thioether (sulfide) groups is 1. The first kappa shape index (κ1) is 14.4. The summed E-state index contributed by atoms with van der Waals surface area (Å²) in [4.78, 5) is 11.7. The van der Waals surface area contributed by atoms with Crippen molar-refractivity contribution in [2.24, 2.45) is 0 Å². The lowest BCUT2D eigenvalue weighted by Crippen LogP contribution is -2.05. The molecule has 0 saturated heterocycles. The monoisotopic (exact) mass is 285 g/mol. The highest BCUT2D eigenvalue weighted by Gasteiger charge is 2.10. The molecule has 1 aromatic heterocycles. The summed E-state index contributed by atoms with van der Waals surface area (Å²) >= 11 is 1.34. The number of nitrogens with zero attached hydrogens (tertiary/aromatic N) is 4. The van der Waals surface area contributed by atoms with Gasteiger partial charge >= 0.3 is 0 Å². The van der Waals surface area contributed by atoms with E-state index in [1.54, 1.807) is 13.0 Å². The Morgan fingerprint density at radius 1 is 1.44 bits per heavy atom. The molecule has 0 aliphatic heterocycles. The molecule has 0 amide bonds. The molecule has 0 spiro atoms. The van der Waals surface area contributed by atoms with Crippen LogP contribution in [0.5, 0.6) is 0 Å². The Morgan fingerprint density at radius 2 is 2.11 bits per heavy atom. The third-order valence-electron chi connectivity index (χ3n) is 1.75. The van der Waals surface area contributed by atoms with Crippen molar-refractivity contribution >= 4 is 27.5 Å². The van der Waals surface area contributed by atoms with Gasteiger partial charge in [-0.25, -0.2) is 13.4 Å². The number of aromatic nitrogens is 3. The number of anilines is 1. The number of sulfone groups is 1. The Kier molecular flexibility index (Phi) is 4.63. The van der Waals surface area contributed by atoms with Crippen molar-refractivity contribution in [3.8, 4) is 6.07 Å². The van der Waals surface area contributed by atoms with Gasteiger partial charge < -0.3 is 5.32 Å². The predicted molar refractivity (Wildman–Crippen MR) is 68.5 cm³/mol. The molecule has 0 saturated carbocycles. The average Bonchev–Trinajstić information content (AvgIpc) is 2.27. The van der Waals surface area contributed by atoms with E-state index in [0.717, 1.165) is 12.5 Å². The van der Waals surface area contributed by atoms with Crippen LogP contribution in [-0.2, 0) is 9.84 Å².